The number of hydrogen-bond acceptors (Lipinski definition) is 4. The summed E-state index contributed by atoms with van der Waals surface area (Å²) in [6.45, 7) is 2.61. The lowest BCUT2D eigenvalue weighted by atomic mass is 9.83. The second-order valence-corrected chi connectivity index (χ2v) is 8.16. The summed E-state index contributed by atoms with van der Waals surface area (Å²) in [5.41, 5.74) is 6.17. The Bertz CT molecular complexity index is 964. The SMILES string of the molecule is CCCCN1C(=O)CCC(C(=O)NNC(=O)c2ccc(Cl)cc2)C1c1ccccc1OC. The lowest BCUT2D eigenvalue weighted by Crippen LogP contribution is -2.51. The van der Waals surface area contributed by atoms with Crippen molar-refractivity contribution in [3.63, 3.8) is 0 Å². The van der Waals surface area contributed by atoms with Crippen molar-refractivity contribution in [2.75, 3.05) is 13.7 Å². The topological polar surface area (TPSA) is 87.7 Å². The number of ether oxygens (including phenoxy) is 1. The molecule has 1 heterocycles. The number of hydrazine groups is 1. The van der Waals surface area contributed by atoms with Gasteiger partial charge in [0.2, 0.25) is 11.8 Å². The van der Waals surface area contributed by atoms with E-state index < -0.39 is 17.9 Å². The van der Waals surface area contributed by atoms with Crippen LogP contribution in [0.25, 0.3) is 0 Å². The summed E-state index contributed by atoms with van der Waals surface area (Å²) < 4.78 is 5.53. The molecule has 1 fully saturated rings. The molecule has 2 aromatic carbocycles. The largest absolute Gasteiger partial charge is 0.496 e. The van der Waals surface area contributed by atoms with Crippen molar-refractivity contribution in [1.82, 2.24) is 15.8 Å². The molecule has 3 rings (SSSR count). The summed E-state index contributed by atoms with van der Waals surface area (Å²) >= 11 is 5.86. The predicted octanol–water partition coefficient (Wildman–Crippen LogP) is 3.89. The minimum Gasteiger partial charge on any atom is -0.496 e. The van der Waals surface area contributed by atoms with Gasteiger partial charge >= 0.3 is 0 Å². The number of piperidine rings is 1. The van der Waals surface area contributed by atoms with Gasteiger partial charge in [0.05, 0.1) is 19.1 Å². The first-order valence-electron chi connectivity index (χ1n) is 10.7. The Morgan fingerprint density at radius 3 is 2.53 bits per heavy atom. The molecule has 3 amide bonds. The molecule has 0 bridgehead atoms. The molecule has 2 atom stereocenters. The van der Waals surface area contributed by atoms with Gasteiger partial charge in [0.15, 0.2) is 0 Å². The molecule has 1 aliphatic rings. The number of unbranched alkanes of at least 4 members (excludes halogenated alkanes) is 1. The highest BCUT2D eigenvalue weighted by Gasteiger charge is 2.41. The maximum atomic E-state index is 13.2. The normalized spacial score (nSPS) is 18.2. The maximum absolute atomic E-state index is 13.2. The fraction of sp³-hybridized carbons (Fsp3) is 0.375. The molecule has 0 saturated carbocycles. The third-order valence-corrected chi connectivity index (χ3v) is 5.91. The maximum Gasteiger partial charge on any atom is 0.269 e. The highest BCUT2D eigenvalue weighted by atomic mass is 35.5. The molecule has 7 nitrogen and oxygen atoms in total. The first-order chi connectivity index (χ1) is 15.5. The van der Waals surface area contributed by atoms with Gasteiger partial charge in [-0.15, -0.1) is 0 Å². The van der Waals surface area contributed by atoms with Gasteiger partial charge < -0.3 is 9.64 Å². The molecule has 2 N–H and O–H groups in total. The molecule has 2 aromatic rings. The van der Waals surface area contributed by atoms with Gasteiger partial charge in [0.1, 0.15) is 5.75 Å². The Labute approximate surface area is 193 Å². The van der Waals surface area contributed by atoms with Crippen LogP contribution in [-0.4, -0.2) is 36.3 Å². The van der Waals surface area contributed by atoms with Gasteiger partial charge in [0.25, 0.3) is 5.91 Å². The fourth-order valence-electron chi connectivity index (χ4n) is 4.00. The van der Waals surface area contributed by atoms with Crippen LogP contribution < -0.4 is 15.6 Å². The number of nitrogens with zero attached hydrogens (tertiary/aromatic N) is 1. The van der Waals surface area contributed by atoms with E-state index >= 15 is 0 Å². The van der Waals surface area contributed by atoms with Gasteiger partial charge in [-0.2, -0.15) is 0 Å². The Hall–Kier alpha value is -3.06. The van der Waals surface area contributed by atoms with Gasteiger partial charge in [-0.1, -0.05) is 43.1 Å². The molecule has 0 aliphatic carbocycles. The highest BCUT2D eigenvalue weighted by Crippen LogP contribution is 2.40. The van der Waals surface area contributed by atoms with Gasteiger partial charge in [-0.25, -0.2) is 0 Å². The van der Waals surface area contributed by atoms with Crippen LogP contribution >= 0.6 is 11.6 Å². The van der Waals surface area contributed by atoms with Crippen molar-refractivity contribution in [3.05, 3.63) is 64.7 Å². The summed E-state index contributed by atoms with van der Waals surface area (Å²) in [4.78, 5) is 40.1. The minimum atomic E-state index is -0.536. The van der Waals surface area contributed by atoms with Crippen LogP contribution in [0.5, 0.6) is 5.75 Å². The molecular weight excluding hydrogens is 430 g/mol. The van der Waals surface area contributed by atoms with Crippen LogP contribution in [0.4, 0.5) is 0 Å². The number of rotatable bonds is 7. The van der Waals surface area contributed by atoms with Crippen LogP contribution in [0.3, 0.4) is 0 Å². The summed E-state index contributed by atoms with van der Waals surface area (Å²) in [7, 11) is 1.57. The zero-order valence-electron chi connectivity index (χ0n) is 18.3. The zero-order valence-corrected chi connectivity index (χ0v) is 19.0. The number of nitrogens with one attached hydrogen (secondary N) is 2. The van der Waals surface area contributed by atoms with Crippen molar-refractivity contribution < 1.29 is 19.1 Å². The molecule has 8 heteroatoms. The van der Waals surface area contributed by atoms with Crippen molar-refractivity contribution in [1.29, 1.82) is 0 Å². The number of hydrogen-bond donors (Lipinski definition) is 2. The van der Waals surface area contributed by atoms with Gasteiger partial charge in [0, 0.05) is 29.1 Å². The Morgan fingerprint density at radius 1 is 1.12 bits per heavy atom. The third kappa shape index (κ3) is 5.40. The van der Waals surface area contributed by atoms with E-state index in [0.717, 1.165) is 18.4 Å². The number of likely N-dealkylation sites (tertiary alicyclic amines) is 1. The lowest BCUT2D eigenvalue weighted by Gasteiger charge is -2.41. The van der Waals surface area contributed by atoms with Crippen molar-refractivity contribution >= 4 is 29.3 Å². The smallest absolute Gasteiger partial charge is 0.269 e. The minimum absolute atomic E-state index is 0.0172. The first kappa shape index (κ1) is 23.6. The quantitative estimate of drug-likeness (QED) is 0.617. The van der Waals surface area contributed by atoms with Crippen LogP contribution in [0.15, 0.2) is 48.5 Å². The summed E-state index contributed by atoms with van der Waals surface area (Å²) in [6.07, 6.45) is 2.42. The number of carbonyl (C=O) groups excluding carboxylic acids is 3. The number of halogens is 1. The average molecular weight is 458 g/mol. The second kappa shape index (κ2) is 11.0. The van der Waals surface area contributed by atoms with E-state index in [1.165, 1.54) is 0 Å². The van der Waals surface area contributed by atoms with E-state index in [4.69, 9.17) is 16.3 Å². The molecular formula is C24H28ClN3O4. The van der Waals surface area contributed by atoms with Crippen molar-refractivity contribution in [3.8, 4) is 5.75 Å². The second-order valence-electron chi connectivity index (χ2n) is 7.72. The zero-order chi connectivity index (χ0) is 23.1. The van der Waals surface area contributed by atoms with E-state index in [9.17, 15) is 14.4 Å². The predicted molar refractivity (Wildman–Crippen MR) is 122 cm³/mol. The Kier molecular flexibility index (Phi) is 8.11. The highest BCUT2D eigenvalue weighted by molar-refractivity contribution is 6.30. The van der Waals surface area contributed by atoms with E-state index in [1.54, 1.807) is 36.3 Å². The Balaban J connectivity index is 1.82. The molecule has 0 aromatic heterocycles. The van der Waals surface area contributed by atoms with E-state index in [0.29, 0.717) is 29.3 Å². The van der Waals surface area contributed by atoms with Crippen LogP contribution in [0.1, 0.15) is 54.6 Å². The van der Waals surface area contributed by atoms with Crippen LogP contribution in [0.2, 0.25) is 5.02 Å². The Morgan fingerprint density at radius 2 is 1.84 bits per heavy atom. The molecule has 0 spiro atoms. The number of carbonyl (C=O) groups is 3. The third-order valence-electron chi connectivity index (χ3n) is 5.66. The number of amides is 3. The molecule has 1 saturated heterocycles. The summed E-state index contributed by atoms with van der Waals surface area (Å²) in [5, 5.41) is 0.518. The van der Waals surface area contributed by atoms with Crippen LogP contribution in [-0.2, 0) is 9.59 Å². The number of para-hydroxylation sites is 1. The van der Waals surface area contributed by atoms with Gasteiger partial charge in [-0.05, 0) is 43.2 Å². The van der Waals surface area contributed by atoms with Crippen molar-refractivity contribution in [2.45, 2.75) is 38.6 Å². The number of benzene rings is 2. The monoisotopic (exact) mass is 457 g/mol. The molecule has 2 unspecified atom stereocenters. The van der Waals surface area contributed by atoms with Crippen molar-refractivity contribution in [2.24, 2.45) is 5.92 Å². The summed E-state index contributed by atoms with van der Waals surface area (Å²) in [6, 6.07) is 13.3. The lowest BCUT2D eigenvalue weighted by molar-refractivity contribution is -0.143. The molecule has 170 valence electrons. The fourth-order valence-corrected chi connectivity index (χ4v) is 4.13. The molecule has 32 heavy (non-hydrogen) atoms. The first-order valence-corrected chi connectivity index (χ1v) is 11.1. The molecule has 0 radical (unpaired) electrons. The average Bonchev–Trinajstić information content (AvgIpc) is 2.81. The molecule has 1 aliphatic heterocycles. The standard InChI is InChI=1S/C24H28ClN3O4/c1-3-4-15-28-21(29)14-13-19(22(28)18-7-5-6-8-20(18)32-2)24(31)27-26-23(30)16-9-11-17(25)12-10-16/h5-12,19,22H,3-4,13-15H2,1-2H3,(H,26,30)(H,27,31). The van der Waals surface area contributed by atoms with E-state index in [-0.39, 0.29) is 18.2 Å². The summed E-state index contributed by atoms with van der Waals surface area (Å²) in [5.74, 6) is -0.692. The van der Waals surface area contributed by atoms with E-state index in [2.05, 4.69) is 17.8 Å². The van der Waals surface area contributed by atoms with E-state index in [1.807, 2.05) is 24.3 Å². The van der Waals surface area contributed by atoms with Crippen LogP contribution in [0, 0.1) is 5.92 Å². The van der Waals surface area contributed by atoms with Gasteiger partial charge in [-0.3, -0.25) is 25.2 Å². The number of methoxy groups -OCH3 is 1.